The molecule has 108 valence electrons. The van der Waals surface area contributed by atoms with Crippen LogP contribution in [-0.4, -0.2) is 6.54 Å². The van der Waals surface area contributed by atoms with Gasteiger partial charge in [0.1, 0.15) is 11.6 Å². The fraction of sp³-hybridized carbons (Fsp3) is 0.333. The third kappa shape index (κ3) is 3.10. The lowest BCUT2D eigenvalue weighted by Crippen LogP contribution is -2.25. The molecule has 1 heterocycles. The number of hydrogen-bond acceptors (Lipinski definition) is 2. The van der Waals surface area contributed by atoms with Crippen molar-refractivity contribution >= 4 is 27.3 Å². The third-order valence-corrected chi connectivity index (χ3v) is 5.05. The predicted octanol–water partition coefficient (Wildman–Crippen LogP) is 5.19. The van der Waals surface area contributed by atoms with Crippen molar-refractivity contribution in [3.05, 3.63) is 55.7 Å². The van der Waals surface area contributed by atoms with Crippen LogP contribution in [0, 0.1) is 18.6 Å². The van der Waals surface area contributed by atoms with Crippen molar-refractivity contribution in [2.24, 2.45) is 0 Å². The first-order chi connectivity index (χ1) is 9.56. The van der Waals surface area contributed by atoms with Gasteiger partial charge in [0.15, 0.2) is 0 Å². The molecule has 0 aliphatic heterocycles. The van der Waals surface area contributed by atoms with Crippen LogP contribution in [0.3, 0.4) is 0 Å². The smallest absolute Gasteiger partial charge is 0.134 e. The van der Waals surface area contributed by atoms with E-state index in [9.17, 15) is 8.78 Å². The number of halogens is 3. The molecule has 0 amide bonds. The molecular weight excluding hydrogens is 344 g/mol. The zero-order valence-corrected chi connectivity index (χ0v) is 13.7. The number of rotatable bonds is 5. The van der Waals surface area contributed by atoms with Crippen LogP contribution in [0.2, 0.25) is 0 Å². The van der Waals surface area contributed by atoms with E-state index < -0.39 is 17.7 Å². The van der Waals surface area contributed by atoms with E-state index >= 15 is 0 Å². The van der Waals surface area contributed by atoms with Crippen molar-refractivity contribution in [1.82, 2.24) is 5.32 Å². The zero-order chi connectivity index (χ0) is 14.7. The maximum atomic E-state index is 14.4. The Kier molecular flexibility index (Phi) is 5.29. The first kappa shape index (κ1) is 15.6. The topological polar surface area (TPSA) is 12.0 Å². The van der Waals surface area contributed by atoms with E-state index in [1.54, 1.807) is 6.92 Å². The summed E-state index contributed by atoms with van der Waals surface area (Å²) in [6, 6.07) is 4.22. The molecule has 1 atom stereocenters. The first-order valence-electron chi connectivity index (χ1n) is 6.47. The van der Waals surface area contributed by atoms with Gasteiger partial charge < -0.3 is 5.32 Å². The second kappa shape index (κ2) is 6.78. The zero-order valence-electron chi connectivity index (χ0n) is 11.3. The van der Waals surface area contributed by atoms with E-state index in [0.717, 1.165) is 15.8 Å². The van der Waals surface area contributed by atoms with Crippen LogP contribution in [0.15, 0.2) is 28.1 Å². The highest BCUT2D eigenvalue weighted by atomic mass is 79.9. The lowest BCUT2D eigenvalue weighted by molar-refractivity contribution is 0.502. The molecule has 0 aliphatic rings. The molecule has 1 unspecified atom stereocenters. The standard InChI is InChI=1S/C15H16BrF2NS/c1-3-7-19-14(15-10(16)6-8-20-15)12-11(17)5-4-9(2)13(12)18/h4-6,8,14,19H,3,7H2,1-2H3. The summed E-state index contributed by atoms with van der Waals surface area (Å²) in [5, 5.41) is 5.15. The molecule has 0 bridgehead atoms. The van der Waals surface area contributed by atoms with Crippen LogP contribution in [0.4, 0.5) is 8.78 Å². The molecule has 0 saturated heterocycles. The molecule has 0 fully saturated rings. The molecule has 2 aromatic rings. The Morgan fingerprint density at radius 3 is 2.65 bits per heavy atom. The molecule has 1 aromatic heterocycles. The van der Waals surface area contributed by atoms with E-state index in [2.05, 4.69) is 21.2 Å². The molecule has 20 heavy (non-hydrogen) atoms. The minimum absolute atomic E-state index is 0.0987. The number of benzene rings is 1. The lowest BCUT2D eigenvalue weighted by Gasteiger charge is -2.20. The highest BCUT2D eigenvalue weighted by molar-refractivity contribution is 9.10. The largest absolute Gasteiger partial charge is 0.305 e. The quantitative estimate of drug-likeness (QED) is 0.774. The fourth-order valence-corrected chi connectivity index (χ4v) is 3.75. The molecule has 5 heteroatoms. The molecule has 1 nitrogen and oxygen atoms in total. The monoisotopic (exact) mass is 359 g/mol. The van der Waals surface area contributed by atoms with E-state index in [-0.39, 0.29) is 5.56 Å². The second-order valence-corrected chi connectivity index (χ2v) is 6.41. The van der Waals surface area contributed by atoms with Crippen LogP contribution < -0.4 is 5.32 Å². The number of nitrogens with one attached hydrogen (secondary N) is 1. The van der Waals surface area contributed by atoms with Crippen LogP contribution >= 0.6 is 27.3 Å². The fourth-order valence-electron chi connectivity index (χ4n) is 2.07. The molecule has 0 spiro atoms. The Bertz CT molecular complexity index is 598. The van der Waals surface area contributed by atoms with Gasteiger partial charge in [0.05, 0.1) is 6.04 Å². The molecule has 2 rings (SSSR count). The van der Waals surface area contributed by atoms with Crippen LogP contribution in [0.5, 0.6) is 0 Å². The van der Waals surface area contributed by atoms with E-state index in [1.165, 1.54) is 23.5 Å². The van der Waals surface area contributed by atoms with Crippen LogP contribution in [-0.2, 0) is 0 Å². The highest BCUT2D eigenvalue weighted by Crippen LogP contribution is 2.36. The number of hydrogen-bond donors (Lipinski definition) is 1. The first-order valence-corrected chi connectivity index (χ1v) is 8.14. The molecule has 0 aliphatic carbocycles. The average molecular weight is 360 g/mol. The summed E-state index contributed by atoms with van der Waals surface area (Å²) in [7, 11) is 0. The third-order valence-electron chi connectivity index (χ3n) is 3.11. The number of aryl methyl sites for hydroxylation is 1. The van der Waals surface area contributed by atoms with Crippen molar-refractivity contribution in [2.75, 3.05) is 6.54 Å². The molecule has 0 radical (unpaired) electrons. The van der Waals surface area contributed by atoms with Gasteiger partial charge in [-0.15, -0.1) is 11.3 Å². The van der Waals surface area contributed by atoms with E-state index in [1.807, 2.05) is 18.4 Å². The maximum Gasteiger partial charge on any atom is 0.134 e. The maximum absolute atomic E-state index is 14.4. The van der Waals surface area contributed by atoms with Crippen molar-refractivity contribution < 1.29 is 8.78 Å². The summed E-state index contributed by atoms with van der Waals surface area (Å²) < 4.78 is 29.4. The Hall–Kier alpha value is -0.780. The van der Waals surface area contributed by atoms with Gasteiger partial charge in [-0.3, -0.25) is 0 Å². The van der Waals surface area contributed by atoms with Gasteiger partial charge in [0, 0.05) is 14.9 Å². The highest BCUT2D eigenvalue weighted by Gasteiger charge is 2.25. The van der Waals surface area contributed by atoms with Crippen molar-refractivity contribution in [3.8, 4) is 0 Å². The summed E-state index contributed by atoms with van der Waals surface area (Å²) in [5.41, 5.74) is 0.555. The Morgan fingerprint density at radius 1 is 1.30 bits per heavy atom. The van der Waals surface area contributed by atoms with E-state index in [0.29, 0.717) is 12.1 Å². The van der Waals surface area contributed by atoms with Gasteiger partial charge in [-0.05, 0) is 58.9 Å². The Morgan fingerprint density at radius 2 is 2.05 bits per heavy atom. The molecule has 1 N–H and O–H groups in total. The average Bonchev–Trinajstić information content (AvgIpc) is 2.84. The molecule has 1 aromatic carbocycles. The van der Waals surface area contributed by atoms with Gasteiger partial charge >= 0.3 is 0 Å². The van der Waals surface area contributed by atoms with Gasteiger partial charge in [-0.25, -0.2) is 8.78 Å². The minimum Gasteiger partial charge on any atom is -0.305 e. The van der Waals surface area contributed by atoms with Crippen molar-refractivity contribution in [3.63, 3.8) is 0 Å². The SMILES string of the molecule is CCCNC(c1sccc1Br)c1c(F)ccc(C)c1F. The molecule has 0 saturated carbocycles. The summed E-state index contributed by atoms with van der Waals surface area (Å²) >= 11 is 4.93. The van der Waals surface area contributed by atoms with Gasteiger partial charge in [-0.1, -0.05) is 13.0 Å². The van der Waals surface area contributed by atoms with Gasteiger partial charge in [0.2, 0.25) is 0 Å². The van der Waals surface area contributed by atoms with Crippen LogP contribution in [0.25, 0.3) is 0 Å². The van der Waals surface area contributed by atoms with Crippen LogP contribution in [0.1, 0.15) is 35.4 Å². The lowest BCUT2D eigenvalue weighted by atomic mass is 10.0. The summed E-state index contributed by atoms with van der Waals surface area (Å²) in [5.74, 6) is -0.985. The van der Waals surface area contributed by atoms with Crippen molar-refractivity contribution in [2.45, 2.75) is 26.3 Å². The summed E-state index contributed by atoms with van der Waals surface area (Å²) in [6.07, 6.45) is 0.897. The Labute approximate surface area is 130 Å². The second-order valence-electron chi connectivity index (χ2n) is 4.61. The molecular formula is C15H16BrF2NS. The summed E-state index contributed by atoms with van der Waals surface area (Å²) in [6.45, 7) is 4.37. The normalized spacial score (nSPS) is 12.7. The Balaban J connectivity index is 2.52. The van der Waals surface area contributed by atoms with Gasteiger partial charge in [-0.2, -0.15) is 0 Å². The van der Waals surface area contributed by atoms with Crippen molar-refractivity contribution in [1.29, 1.82) is 0 Å². The predicted molar refractivity (Wildman–Crippen MR) is 83.3 cm³/mol. The van der Waals surface area contributed by atoms with Gasteiger partial charge in [0.25, 0.3) is 0 Å². The number of thiophene rings is 1. The van der Waals surface area contributed by atoms with E-state index in [4.69, 9.17) is 0 Å². The minimum atomic E-state index is -0.512. The summed E-state index contributed by atoms with van der Waals surface area (Å²) in [4.78, 5) is 0.891.